The van der Waals surface area contributed by atoms with Crippen LogP contribution in [0, 0.1) is 0 Å². The zero-order valence-electron chi connectivity index (χ0n) is 14.4. The van der Waals surface area contributed by atoms with E-state index in [1.54, 1.807) is 12.1 Å². The normalized spacial score (nSPS) is 22.7. The molecule has 1 aromatic carbocycles. The Morgan fingerprint density at radius 2 is 1.88 bits per heavy atom. The van der Waals surface area contributed by atoms with Crippen molar-refractivity contribution >= 4 is 17.9 Å². The van der Waals surface area contributed by atoms with E-state index in [-0.39, 0.29) is 24.3 Å². The fourth-order valence-electron chi connectivity index (χ4n) is 3.85. The predicted octanol–water partition coefficient (Wildman–Crippen LogP) is 2.35. The van der Waals surface area contributed by atoms with Crippen molar-refractivity contribution in [3.05, 3.63) is 41.6 Å². The van der Waals surface area contributed by atoms with Crippen LogP contribution in [-0.2, 0) is 9.59 Å². The number of urea groups is 1. The van der Waals surface area contributed by atoms with Crippen LogP contribution in [-0.4, -0.2) is 29.0 Å². The SMILES string of the molecule is O=C(NC1CCCCC1)NN1C=C2C(=O)Oc3ccccc3C2CC1=O. The zero-order valence-corrected chi connectivity index (χ0v) is 14.4. The van der Waals surface area contributed by atoms with Gasteiger partial charge in [0.05, 0.1) is 5.57 Å². The summed E-state index contributed by atoms with van der Waals surface area (Å²) in [5.41, 5.74) is 3.74. The summed E-state index contributed by atoms with van der Waals surface area (Å²) in [4.78, 5) is 37.0. The number of fused-ring (bicyclic) bond motifs is 3. The number of nitrogens with one attached hydrogen (secondary N) is 2. The first-order valence-corrected chi connectivity index (χ1v) is 9.04. The predicted molar refractivity (Wildman–Crippen MR) is 92.9 cm³/mol. The number of ether oxygens (including phenoxy) is 1. The van der Waals surface area contributed by atoms with Crippen LogP contribution < -0.4 is 15.5 Å². The second-order valence-corrected chi connectivity index (χ2v) is 6.95. The maximum atomic E-state index is 12.5. The van der Waals surface area contributed by atoms with Crippen LogP contribution in [0.1, 0.15) is 50.0 Å². The summed E-state index contributed by atoms with van der Waals surface area (Å²) in [7, 11) is 0. The van der Waals surface area contributed by atoms with Crippen LogP contribution in [0.15, 0.2) is 36.0 Å². The third-order valence-corrected chi connectivity index (χ3v) is 5.19. The molecule has 1 unspecified atom stereocenters. The quantitative estimate of drug-likeness (QED) is 0.630. The Labute approximate surface area is 151 Å². The van der Waals surface area contributed by atoms with Gasteiger partial charge in [-0.2, -0.15) is 0 Å². The first-order chi connectivity index (χ1) is 12.6. The lowest BCUT2D eigenvalue weighted by Gasteiger charge is -2.33. The van der Waals surface area contributed by atoms with Crippen molar-refractivity contribution in [1.29, 1.82) is 0 Å². The summed E-state index contributed by atoms with van der Waals surface area (Å²) in [5, 5.41) is 3.99. The molecule has 1 saturated carbocycles. The van der Waals surface area contributed by atoms with E-state index in [1.807, 2.05) is 12.1 Å². The summed E-state index contributed by atoms with van der Waals surface area (Å²) in [6.45, 7) is 0. The largest absolute Gasteiger partial charge is 0.423 e. The van der Waals surface area contributed by atoms with Gasteiger partial charge in [0.15, 0.2) is 0 Å². The molecule has 136 valence electrons. The smallest absolute Gasteiger partial charge is 0.341 e. The van der Waals surface area contributed by atoms with Gasteiger partial charge in [-0.15, -0.1) is 0 Å². The molecule has 3 amide bonds. The average molecular weight is 355 g/mol. The van der Waals surface area contributed by atoms with Gasteiger partial charge >= 0.3 is 12.0 Å². The number of hydrogen-bond donors (Lipinski definition) is 2. The minimum Gasteiger partial charge on any atom is -0.423 e. The molecular weight excluding hydrogens is 334 g/mol. The number of hydrogen-bond acceptors (Lipinski definition) is 4. The van der Waals surface area contributed by atoms with Crippen molar-refractivity contribution < 1.29 is 19.1 Å². The topological polar surface area (TPSA) is 87.7 Å². The third-order valence-electron chi connectivity index (χ3n) is 5.19. The molecule has 1 fully saturated rings. The molecule has 2 heterocycles. The van der Waals surface area contributed by atoms with Crippen molar-refractivity contribution in [2.75, 3.05) is 0 Å². The lowest BCUT2D eigenvalue weighted by Crippen LogP contribution is -2.52. The van der Waals surface area contributed by atoms with Gasteiger partial charge in [0.2, 0.25) is 5.91 Å². The number of esters is 1. The Morgan fingerprint density at radius 3 is 2.69 bits per heavy atom. The van der Waals surface area contributed by atoms with E-state index < -0.39 is 12.0 Å². The first-order valence-electron chi connectivity index (χ1n) is 9.04. The molecule has 0 spiro atoms. The number of rotatable bonds is 2. The molecule has 4 rings (SSSR count). The van der Waals surface area contributed by atoms with Gasteiger partial charge < -0.3 is 10.1 Å². The number of benzene rings is 1. The van der Waals surface area contributed by atoms with E-state index in [0.717, 1.165) is 36.3 Å². The average Bonchev–Trinajstić information content (AvgIpc) is 2.64. The van der Waals surface area contributed by atoms with Crippen molar-refractivity contribution in [1.82, 2.24) is 15.8 Å². The van der Waals surface area contributed by atoms with Crippen molar-refractivity contribution in [2.24, 2.45) is 0 Å². The number of nitrogens with zero attached hydrogens (tertiary/aromatic N) is 1. The maximum absolute atomic E-state index is 12.5. The molecule has 3 aliphatic rings. The van der Waals surface area contributed by atoms with Gasteiger partial charge in [0, 0.05) is 30.1 Å². The summed E-state index contributed by atoms with van der Waals surface area (Å²) in [5.74, 6) is -0.592. The van der Waals surface area contributed by atoms with Crippen molar-refractivity contribution in [3.63, 3.8) is 0 Å². The minimum absolute atomic E-state index is 0.113. The van der Waals surface area contributed by atoms with Crippen LogP contribution in [0.5, 0.6) is 5.75 Å². The van der Waals surface area contributed by atoms with E-state index >= 15 is 0 Å². The van der Waals surface area contributed by atoms with Gasteiger partial charge in [0.1, 0.15) is 5.75 Å². The van der Waals surface area contributed by atoms with Gasteiger partial charge in [-0.1, -0.05) is 37.5 Å². The maximum Gasteiger partial charge on any atom is 0.341 e. The van der Waals surface area contributed by atoms with Gasteiger partial charge in [-0.25, -0.2) is 20.0 Å². The number of amides is 3. The molecule has 7 nitrogen and oxygen atoms in total. The van der Waals surface area contributed by atoms with Gasteiger partial charge in [0.25, 0.3) is 0 Å². The van der Waals surface area contributed by atoms with Crippen LogP contribution in [0.4, 0.5) is 4.79 Å². The molecule has 0 bridgehead atoms. The Balaban J connectivity index is 1.49. The van der Waals surface area contributed by atoms with Crippen LogP contribution in [0.2, 0.25) is 0 Å². The van der Waals surface area contributed by atoms with Crippen molar-refractivity contribution in [2.45, 2.75) is 50.5 Å². The van der Waals surface area contributed by atoms with E-state index in [4.69, 9.17) is 4.74 Å². The molecule has 2 N–H and O–H groups in total. The molecule has 1 atom stereocenters. The molecule has 0 saturated heterocycles. The Hall–Kier alpha value is -2.83. The summed E-state index contributed by atoms with van der Waals surface area (Å²) < 4.78 is 5.34. The second-order valence-electron chi connectivity index (χ2n) is 6.95. The molecule has 1 aliphatic carbocycles. The molecule has 0 aromatic heterocycles. The number of para-hydroxylation sites is 1. The van der Waals surface area contributed by atoms with Crippen molar-refractivity contribution in [3.8, 4) is 5.75 Å². The highest BCUT2D eigenvalue weighted by Gasteiger charge is 2.39. The van der Waals surface area contributed by atoms with Gasteiger partial charge in [-0.05, 0) is 18.9 Å². The standard InChI is InChI=1S/C19H21N3O4/c23-17-10-14-13-8-4-5-9-16(13)26-18(24)15(14)11-22(17)21-19(25)20-12-6-2-1-3-7-12/h4-5,8-9,11-12,14H,1-3,6-7,10H2,(H2,20,21,25). The number of carbonyl (C=O) groups is 3. The van der Waals surface area contributed by atoms with E-state index in [2.05, 4.69) is 10.7 Å². The molecule has 0 radical (unpaired) electrons. The fraction of sp³-hybridized carbons (Fsp3) is 0.421. The highest BCUT2D eigenvalue weighted by molar-refractivity contribution is 5.98. The molecular formula is C19H21N3O4. The lowest BCUT2D eigenvalue weighted by molar-refractivity contribution is -0.134. The first kappa shape index (κ1) is 16.6. The number of carbonyl (C=O) groups excluding carboxylic acids is 3. The van der Waals surface area contributed by atoms with E-state index in [9.17, 15) is 14.4 Å². The fourth-order valence-corrected chi connectivity index (χ4v) is 3.85. The Kier molecular flexibility index (Phi) is 4.36. The van der Waals surface area contributed by atoms with Crippen LogP contribution in [0.25, 0.3) is 0 Å². The summed E-state index contributed by atoms with van der Waals surface area (Å²) in [6, 6.07) is 6.92. The number of hydrazine groups is 1. The molecule has 26 heavy (non-hydrogen) atoms. The minimum atomic E-state index is -0.485. The van der Waals surface area contributed by atoms with Crippen LogP contribution in [0.3, 0.4) is 0 Å². The zero-order chi connectivity index (χ0) is 18.1. The second kappa shape index (κ2) is 6.82. The van der Waals surface area contributed by atoms with E-state index in [0.29, 0.717) is 11.3 Å². The van der Waals surface area contributed by atoms with Crippen LogP contribution >= 0.6 is 0 Å². The monoisotopic (exact) mass is 355 g/mol. The highest BCUT2D eigenvalue weighted by atomic mass is 16.5. The lowest BCUT2D eigenvalue weighted by atomic mass is 9.84. The molecule has 7 heteroatoms. The Bertz CT molecular complexity index is 783. The Morgan fingerprint density at radius 1 is 1.12 bits per heavy atom. The molecule has 2 aliphatic heterocycles. The van der Waals surface area contributed by atoms with E-state index in [1.165, 1.54) is 12.6 Å². The summed E-state index contributed by atoms with van der Waals surface area (Å²) in [6.07, 6.45) is 6.80. The molecule has 1 aromatic rings. The third kappa shape index (κ3) is 3.16. The van der Waals surface area contributed by atoms with Gasteiger partial charge in [-0.3, -0.25) is 4.79 Å². The summed E-state index contributed by atoms with van der Waals surface area (Å²) >= 11 is 0. The highest BCUT2D eigenvalue weighted by Crippen LogP contribution is 2.41.